The molecule has 0 aliphatic carbocycles. The topological polar surface area (TPSA) is 75.9 Å². The van der Waals surface area contributed by atoms with Gasteiger partial charge in [0.25, 0.3) is 0 Å². The van der Waals surface area contributed by atoms with Gasteiger partial charge in [-0.2, -0.15) is 8.75 Å². The lowest BCUT2D eigenvalue weighted by Gasteiger charge is -2.09. The first-order valence-electron chi connectivity index (χ1n) is 4.88. The maximum absolute atomic E-state index is 6.00. The monoisotopic (exact) mass is 287 g/mol. The minimum atomic E-state index is 0.507. The number of rotatable bonds is 3. The lowest BCUT2D eigenvalue weighted by Crippen LogP contribution is -2.32. The van der Waals surface area contributed by atoms with Crippen LogP contribution in [0.1, 0.15) is 0 Å². The number of benzene rings is 1. The highest BCUT2D eigenvalue weighted by Crippen LogP contribution is 2.27. The molecule has 0 fully saturated rings. The largest absolute Gasteiger partial charge is 0.361 e. The van der Waals surface area contributed by atoms with Crippen molar-refractivity contribution in [3.05, 3.63) is 17.2 Å². The molecule has 17 heavy (non-hydrogen) atoms. The zero-order chi connectivity index (χ0) is 12.3. The summed E-state index contributed by atoms with van der Waals surface area (Å²) in [5.41, 5.74) is 7.57. The molecule has 2 rings (SSSR count). The Bertz CT molecular complexity index is 541. The van der Waals surface area contributed by atoms with E-state index in [-0.39, 0.29) is 0 Å². The van der Waals surface area contributed by atoms with Crippen LogP contribution in [0.2, 0.25) is 5.02 Å². The molecule has 5 nitrogen and oxygen atoms in total. The molecule has 0 radical (unpaired) electrons. The van der Waals surface area contributed by atoms with Crippen molar-refractivity contribution >= 4 is 57.4 Å². The van der Waals surface area contributed by atoms with Gasteiger partial charge in [0, 0.05) is 13.1 Å². The molecule has 8 heteroatoms. The highest BCUT2D eigenvalue weighted by molar-refractivity contribution is 7.80. The standard InChI is InChI=1S/C9H10ClN5S2/c10-5-1-2-6(8-7(5)14-17-15-8)13-9(16)12-4-3-11/h1-2H,3-4,11H2,(H2,12,13,16). The average Bonchev–Trinajstić information content (AvgIpc) is 2.80. The molecule has 1 aromatic carbocycles. The molecule has 0 aliphatic heterocycles. The SMILES string of the molecule is NCCNC(=S)Nc1ccc(Cl)c2nsnc12. The minimum absolute atomic E-state index is 0.507. The third-order valence-electron chi connectivity index (χ3n) is 2.04. The quantitative estimate of drug-likeness (QED) is 0.745. The summed E-state index contributed by atoms with van der Waals surface area (Å²) in [5, 5.41) is 7.10. The van der Waals surface area contributed by atoms with Gasteiger partial charge in [0.05, 0.1) is 22.4 Å². The predicted molar refractivity (Wildman–Crippen MR) is 75.7 cm³/mol. The number of nitrogens with two attached hydrogens (primary N) is 1. The van der Waals surface area contributed by atoms with Gasteiger partial charge in [-0.05, 0) is 24.4 Å². The van der Waals surface area contributed by atoms with Crippen LogP contribution in [-0.2, 0) is 0 Å². The minimum Gasteiger partial charge on any atom is -0.361 e. The third kappa shape index (κ3) is 2.81. The zero-order valence-corrected chi connectivity index (χ0v) is 11.1. The van der Waals surface area contributed by atoms with Gasteiger partial charge in [0.2, 0.25) is 0 Å². The predicted octanol–water partition coefficient (Wildman–Crippen LogP) is 1.59. The van der Waals surface area contributed by atoms with E-state index >= 15 is 0 Å². The number of fused-ring (bicyclic) bond motifs is 1. The Morgan fingerprint density at radius 3 is 2.94 bits per heavy atom. The Morgan fingerprint density at radius 1 is 1.41 bits per heavy atom. The number of hydrogen-bond donors (Lipinski definition) is 3. The van der Waals surface area contributed by atoms with E-state index in [1.54, 1.807) is 6.07 Å². The van der Waals surface area contributed by atoms with Gasteiger partial charge in [0.15, 0.2) is 5.11 Å². The van der Waals surface area contributed by atoms with Gasteiger partial charge in [0.1, 0.15) is 11.0 Å². The van der Waals surface area contributed by atoms with E-state index in [2.05, 4.69) is 19.4 Å². The van der Waals surface area contributed by atoms with Gasteiger partial charge in [-0.1, -0.05) is 11.6 Å². The first kappa shape index (κ1) is 12.4. The van der Waals surface area contributed by atoms with Crippen molar-refractivity contribution in [2.45, 2.75) is 0 Å². The molecule has 4 N–H and O–H groups in total. The van der Waals surface area contributed by atoms with E-state index in [0.717, 1.165) is 22.9 Å². The maximum Gasteiger partial charge on any atom is 0.170 e. The second-order valence-corrected chi connectivity index (χ2v) is 4.57. The van der Waals surface area contributed by atoms with E-state index in [4.69, 9.17) is 29.6 Å². The summed E-state index contributed by atoms with van der Waals surface area (Å²) in [6, 6.07) is 3.58. The molecule has 0 bridgehead atoms. The van der Waals surface area contributed by atoms with Gasteiger partial charge in [-0.3, -0.25) is 0 Å². The molecule has 0 unspecified atom stereocenters. The number of hydrogen-bond acceptors (Lipinski definition) is 5. The summed E-state index contributed by atoms with van der Waals surface area (Å²) in [7, 11) is 0. The average molecular weight is 288 g/mol. The lowest BCUT2D eigenvalue weighted by atomic mass is 10.2. The van der Waals surface area contributed by atoms with Crippen molar-refractivity contribution < 1.29 is 0 Å². The molecule has 0 aliphatic rings. The fourth-order valence-electron chi connectivity index (χ4n) is 1.29. The van der Waals surface area contributed by atoms with Crippen LogP contribution in [0.25, 0.3) is 11.0 Å². The Hall–Kier alpha value is -1.02. The van der Waals surface area contributed by atoms with Gasteiger partial charge in [-0.25, -0.2) is 0 Å². The van der Waals surface area contributed by atoms with Crippen LogP contribution < -0.4 is 16.4 Å². The molecule has 0 saturated heterocycles. The summed E-state index contributed by atoms with van der Waals surface area (Å²) in [6.45, 7) is 1.15. The normalized spacial score (nSPS) is 10.5. The lowest BCUT2D eigenvalue weighted by molar-refractivity contribution is 0.883. The molecule has 0 saturated carbocycles. The number of thiocarbonyl (C=S) groups is 1. The number of nitrogens with one attached hydrogen (secondary N) is 2. The summed E-state index contributed by atoms with van der Waals surface area (Å²) < 4.78 is 8.31. The van der Waals surface area contributed by atoms with Crippen molar-refractivity contribution in [1.82, 2.24) is 14.1 Å². The van der Waals surface area contributed by atoms with Crippen LogP contribution in [0.4, 0.5) is 5.69 Å². The maximum atomic E-state index is 6.00. The number of aromatic nitrogens is 2. The summed E-state index contributed by atoms with van der Waals surface area (Å²) in [6.07, 6.45) is 0. The van der Waals surface area contributed by atoms with Gasteiger partial charge in [-0.15, -0.1) is 0 Å². The van der Waals surface area contributed by atoms with Gasteiger partial charge >= 0.3 is 0 Å². The van der Waals surface area contributed by atoms with E-state index in [1.807, 2.05) is 6.07 Å². The molecular weight excluding hydrogens is 278 g/mol. The molecule has 0 spiro atoms. The fraction of sp³-hybridized carbons (Fsp3) is 0.222. The molecule has 0 amide bonds. The molecular formula is C9H10ClN5S2. The van der Waals surface area contributed by atoms with Crippen molar-refractivity contribution in [1.29, 1.82) is 0 Å². The second-order valence-electron chi connectivity index (χ2n) is 3.23. The number of halogens is 1. The van der Waals surface area contributed by atoms with Crippen molar-refractivity contribution in [3.63, 3.8) is 0 Å². The Morgan fingerprint density at radius 2 is 2.18 bits per heavy atom. The van der Waals surface area contributed by atoms with Crippen LogP contribution in [0.15, 0.2) is 12.1 Å². The van der Waals surface area contributed by atoms with Crippen LogP contribution in [0.5, 0.6) is 0 Å². The zero-order valence-electron chi connectivity index (χ0n) is 8.74. The molecule has 1 heterocycles. The van der Waals surface area contributed by atoms with Crippen molar-refractivity contribution in [2.75, 3.05) is 18.4 Å². The van der Waals surface area contributed by atoms with Crippen LogP contribution in [0.3, 0.4) is 0 Å². The van der Waals surface area contributed by atoms with Crippen molar-refractivity contribution in [3.8, 4) is 0 Å². The number of anilines is 1. The third-order valence-corrected chi connectivity index (χ3v) is 3.12. The number of nitrogens with zero attached hydrogens (tertiary/aromatic N) is 2. The first-order valence-corrected chi connectivity index (χ1v) is 6.39. The van der Waals surface area contributed by atoms with Crippen LogP contribution in [0, 0.1) is 0 Å². The van der Waals surface area contributed by atoms with Crippen molar-refractivity contribution in [2.24, 2.45) is 5.73 Å². The Balaban J connectivity index is 2.21. The molecule has 1 aromatic heterocycles. The highest BCUT2D eigenvalue weighted by atomic mass is 35.5. The molecule has 90 valence electrons. The highest BCUT2D eigenvalue weighted by Gasteiger charge is 2.09. The van der Waals surface area contributed by atoms with E-state index < -0.39 is 0 Å². The summed E-state index contributed by atoms with van der Waals surface area (Å²) in [4.78, 5) is 0. The molecule has 2 aromatic rings. The smallest absolute Gasteiger partial charge is 0.170 e. The fourth-order valence-corrected chi connectivity index (χ4v) is 2.32. The molecule has 0 atom stereocenters. The Kier molecular flexibility index (Phi) is 4.06. The van der Waals surface area contributed by atoms with Gasteiger partial charge < -0.3 is 16.4 Å². The van der Waals surface area contributed by atoms with Crippen LogP contribution >= 0.6 is 35.5 Å². The van der Waals surface area contributed by atoms with E-state index in [0.29, 0.717) is 28.7 Å². The van der Waals surface area contributed by atoms with Crippen LogP contribution in [-0.4, -0.2) is 26.9 Å². The summed E-state index contributed by atoms with van der Waals surface area (Å²) in [5.74, 6) is 0. The van der Waals surface area contributed by atoms with E-state index in [1.165, 1.54) is 0 Å². The van der Waals surface area contributed by atoms with E-state index in [9.17, 15) is 0 Å². The Labute approximate surface area is 113 Å². The summed E-state index contributed by atoms with van der Waals surface area (Å²) >= 11 is 12.2. The first-order chi connectivity index (χ1) is 8.22. The second kappa shape index (κ2) is 5.54.